The van der Waals surface area contributed by atoms with Crippen LogP contribution in [0.5, 0.6) is 0 Å². The first kappa shape index (κ1) is 10.9. The lowest BCUT2D eigenvalue weighted by Gasteiger charge is -2.31. The fourth-order valence-electron chi connectivity index (χ4n) is 2.27. The van der Waals surface area contributed by atoms with Crippen molar-refractivity contribution in [2.24, 2.45) is 0 Å². The van der Waals surface area contributed by atoms with E-state index in [-0.39, 0.29) is 5.97 Å². The van der Waals surface area contributed by atoms with Crippen LogP contribution in [-0.4, -0.2) is 41.9 Å². The van der Waals surface area contributed by atoms with E-state index in [2.05, 4.69) is 4.90 Å². The van der Waals surface area contributed by atoms with E-state index in [1.54, 1.807) is 0 Å². The monoisotopic (exact) mass is 213 g/mol. The Morgan fingerprint density at radius 1 is 1.47 bits per heavy atom. The Morgan fingerprint density at radius 2 is 2.20 bits per heavy atom. The summed E-state index contributed by atoms with van der Waals surface area (Å²) >= 11 is 0. The molecule has 2 aliphatic heterocycles. The van der Waals surface area contributed by atoms with Crippen molar-refractivity contribution in [3.63, 3.8) is 0 Å². The number of carbonyl (C=O) groups excluding carboxylic acids is 1. The summed E-state index contributed by atoms with van der Waals surface area (Å²) in [6.45, 7) is 7.70. The van der Waals surface area contributed by atoms with Crippen molar-refractivity contribution in [3.05, 3.63) is 0 Å². The highest BCUT2D eigenvalue weighted by molar-refractivity contribution is 5.82. The van der Waals surface area contributed by atoms with E-state index in [1.807, 2.05) is 20.8 Å². The maximum Gasteiger partial charge on any atom is 0.329 e. The molecule has 0 saturated carbocycles. The number of carbonyl (C=O) groups is 1. The Labute approximate surface area is 90.5 Å². The minimum atomic E-state index is -0.479. The van der Waals surface area contributed by atoms with Gasteiger partial charge in [0.25, 0.3) is 0 Å². The van der Waals surface area contributed by atoms with Crippen LogP contribution in [0.2, 0.25) is 0 Å². The highest BCUT2D eigenvalue weighted by atomic mass is 16.6. The SMILES string of the molecule is CC(C)(C)OC(=O)C12CCCN1COC2. The quantitative estimate of drug-likeness (QED) is 0.612. The van der Waals surface area contributed by atoms with Gasteiger partial charge in [-0.05, 0) is 33.6 Å². The normalized spacial score (nSPS) is 31.7. The summed E-state index contributed by atoms with van der Waals surface area (Å²) in [4.78, 5) is 14.2. The maximum absolute atomic E-state index is 12.1. The molecule has 2 fully saturated rings. The van der Waals surface area contributed by atoms with Gasteiger partial charge in [0.2, 0.25) is 0 Å². The van der Waals surface area contributed by atoms with Gasteiger partial charge in [0.1, 0.15) is 17.9 Å². The first-order valence-corrected chi connectivity index (χ1v) is 5.50. The van der Waals surface area contributed by atoms with Gasteiger partial charge in [-0.2, -0.15) is 0 Å². The third-order valence-electron chi connectivity index (χ3n) is 2.99. The molecule has 0 N–H and O–H groups in total. The number of hydrogen-bond donors (Lipinski definition) is 0. The summed E-state index contributed by atoms with van der Waals surface area (Å²) in [5, 5.41) is 0. The molecule has 2 aliphatic rings. The molecule has 1 unspecified atom stereocenters. The summed E-state index contributed by atoms with van der Waals surface area (Å²) in [5.41, 5.74) is -0.893. The number of esters is 1. The zero-order chi connectivity index (χ0) is 11.1. The molecule has 2 rings (SSSR count). The van der Waals surface area contributed by atoms with Crippen molar-refractivity contribution in [2.75, 3.05) is 19.9 Å². The fraction of sp³-hybridized carbons (Fsp3) is 0.909. The Kier molecular flexibility index (Phi) is 2.51. The van der Waals surface area contributed by atoms with Crippen LogP contribution in [0.1, 0.15) is 33.6 Å². The van der Waals surface area contributed by atoms with E-state index in [0.29, 0.717) is 13.3 Å². The summed E-state index contributed by atoms with van der Waals surface area (Å²) in [6.07, 6.45) is 1.92. The van der Waals surface area contributed by atoms with Crippen LogP contribution < -0.4 is 0 Å². The molecule has 0 radical (unpaired) electrons. The predicted octanol–water partition coefficient (Wildman–Crippen LogP) is 1.15. The number of fused-ring (bicyclic) bond motifs is 1. The molecule has 4 heteroatoms. The van der Waals surface area contributed by atoms with Gasteiger partial charge in [0, 0.05) is 6.54 Å². The van der Waals surface area contributed by atoms with Crippen molar-refractivity contribution >= 4 is 5.97 Å². The van der Waals surface area contributed by atoms with Gasteiger partial charge >= 0.3 is 5.97 Å². The van der Waals surface area contributed by atoms with E-state index < -0.39 is 11.1 Å². The molecule has 0 aromatic carbocycles. The second kappa shape index (κ2) is 3.46. The standard InChI is InChI=1S/C11H19NO3/c1-10(2,3)15-9(13)11-5-4-6-12(11)8-14-7-11/h4-8H2,1-3H3. The molecule has 0 spiro atoms. The molecule has 0 bridgehead atoms. The maximum atomic E-state index is 12.1. The Balaban J connectivity index is 2.11. The third-order valence-corrected chi connectivity index (χ3v) is 2.99. The van der Waals surface area contributed by atoms with Crippen LogP contribution in [0.25, 0.3) is 0 Å². The van der Waals surface area contributed by atoms with Crippen LogP contribution in [0.3, 0.4) is 0 Å². The molecule has 86 valence electrons. The molecule has 1 atom stereocenters. The lowest BCUT2D eigenvalue weighted by Crippen LogP contribution is -2.51. The third kappa shape index (κ3) is 1.88. The van der Waals surface area contributed by atoms with Gasteiger partial charge in [-0.3, -0.25) is 4.90 Å². The largest absolute Gasteiger partial charge is 0.459 e. The molecular weight excluding hydrogens is 194 g/mol. The minimum absolute atomic E-state index is 0.120. The van der Waals surface area contributed by atoms with Crippen molar-refractivity contribution in [3.8, 4) is 0 Å². The topological polar surface area (TPSA) is 38.8 Å². The highest BCUT2D eigenvalue weighted by Gasteiger charge is 2.53. The van der Waals surface area contributed by atoms with Gasteiger partial charge in [0.05, 0.1) is 6.61 Å². The summed E-state index contributed by atoms with van der Waals surface area (Å²) < 4.78 is 10.8. The van der Waals surface area contributed by atoms with Gasteiger partial charge in [0.15, 0.2) is 0 Å². The van der Waals surface area contributed by atoms with Gasteiger partial charge in [-0.25, -0.2) is 4.79 Å². The van der Waals surface area contributed by atoms with E-state index in [9.17, 15) is 4.79 Å². The molecule has 0 aromatic rings. The molecule has 2 saturated heterocycles. The van der Waals surface area contributed by atoms with E-state index in [0.717, 1.165) is 19.4 Å². The van der Waals surface area contributed by atoms with Crippen LogP contribution >= 0.6 is 0 Å². The molecule has 2 heterocycles. The van der Waals surface area contributed by atoms with Crippen LogP contribution in [0.4, 0.5) is 0 Å². The second-order valence-corrected chi connectivity index (χ2v) is 5.38. The lowest BCUT2D eigenvalue weighted by molar-refractivity contribution is -0.166. The van der Waals surface area contributed by atoms with E-state index in [4.69, 9.17) is 9.47 Å². The van der Waals surface area contributed by atoms with E-state index in [1.165, 1.54) is 0 Å². The smallest absolute Gasteiger partial charge is 0.329 e. The first-order valence-electron chi connectivity index (χ1n) is 5.50. The van der Waals surface area contributed by atoms with Gasteiger partial charge in [-0.1, -0.05) is 0 Å². The van der Waals surface area contributed by atoms with Crippen molar-refractivity contribution in [1.29, 1.82) is 0 Å². The predicted molar refractivity (Wildman–Crippen MR) is 55.3 cm³/mol. The van der Waals surface area contributed by atoms with Crippen LogP contribution in [0.15, 0.2) is 0 Å². The lowest BCUT2D eigenvalue weighted by atomic mass is 9.98. The van der Waals surface area contributed by atoms with Crippen molar-refractivity contribution in [1.82, 2.24) is 4.90 Å². The second-order valence-electron chi connectivity index (χ2n) is 5.38. The molecular formula is C11H19NO3. The Bertz CT molecular complexity index is 259. The fourth-order valence-corrected chi connectivity index (χ4v) is 2.27. The first-order chi connectivity index (χ1) is 6.94. The molecule has 15 heavy (non-hydrogen) atoms. The van der Waals surface area contributed by atoms with Crippen LogP contribution in [-0.2, 0) is 14.3 Å². The van der Waals surface area contributed by atoms with Crippen molar-refractivity contribution < 1.29 is 14.3 Å². The Hall–Kier alpha value is -0.610. The molecule has 0 aliphatic carbocycles. The summed E-state index contributed by atoms with van der Waals surface area (Å²) in [6, 6.07) is 0. The summed E-state index contributed by atoms with van der Waals surface area (Å²) in [5.74, 6) is -0.120. The summed E-state index contributed by atoms with van der Waals surface area (Å²) in [7, 11) is 0. The molecule has 0 amide bonds. The van der Waals surface area contributed by atoms with Crippen molar-refractivity contribution in [2.45, 2.75) is 44.8 Å². The van der Waals surface area contributed by atoms with Crippen LogP contribution in [0, 0.1) is 0 Å². The highest BCUT2D eigenvalue weighted by Crippen LogP contribution is 2.35. The number of rotatable bonds is 1. The minimum Gasteiger partial charge on any atom is -0.459 e. The average Bonchev–Trinajstić information content (AvgIpc) is 2.55. The average molecular weight is 213 g/mol. The van der Waals surface area contributed by atoms with Gasteiger partial charge < -0.3 is 9.47 Å². The number of hydrogen-bond acceptors (Lipinski definition) is 4. The Morgan fingerprint density at radius 3 is 2.87 bits per heavy atom. The number of ether oxygens (including phenoxy) is 2. The zero-order valence-electron chi connectivity index (χ0n) is 9.71. The van der Waals surface area contributed by atoms with E-state index >= 15 is 0 Å². The van der Waals surface area contributed by atoms with Gasteiger partial charge in [-0.15, -0.1) is 0 Å². The number of nitrogens with zero attached hydrogens (tertiary/aromatic N) is 1. The zero-order valence-corrected chi connectivity index (χ0v) is 9.71. The molecule has 0 aromatic heterocycles. The molecule has 4 nitrogen and oxygen atoms in total.